The van der Waals surface area contributed by atoms with Crippen LogP contribution in [0.25, 0.3) is 0 Å². The molecule has 1 aromatic rings. The predicted molar refractivity (Wildman–Crippen MR) is 98.1 cm³/mol. The van der Waals surface area contributed by atoms with Crippen LogP contribution in [0.3, 0.4) is 0 Å². The standard InChI is InChI=1S/C18H30BrNS/c1-6-20-17(15-11-16(19)21-12(15)2)13-7-9-14(10-8-13)18(3,4)5/h11,13-14,17,20H,6-10H2,1-5H3. The third-order valence-corrected chi connectivity index (χ3v) is 6.72. The molecule has 1 fully saturated rings. The van der Waals surface area contributed by atoms with E-state index in [-0.39, 0.29) is 0 Å². The number of nitrogens with one attached hydrogen (secondary N) is 1. The Kier molecular flexibility index (Phi) is 5.95. The van der Waals surface area contributed by atoms with Gasteiger partial charge in [0, 0.05) is 10.9 Å². The van der Waals surface area contributed by atoms with Crippen LogP contribution < -0.4 is 5.32 Å². The van der Waals surface area contributed by atoms with Crippen molar-refractivity contribution in [1.82, 2.24) is 5.32 Å². The van der Waals surface area contributed by atoms with E-state index in [9.17, 15) is 0 Å². The van der Waals surface area contributed by atoms with E-state index >= 15 is 0 Å². The molecule has 1 aliphatic rings. The third-order valence-electron chi connectivity index (χ3n) is 5.15. The molecule has 1 aromatic heterocycles. The van der Waals surface area contributed by atoms with Crippen LogP contribution in [0.1, 0.15) is 69.9 Å². The first-order valence-electron chi connectivity index (χ1n) is 8.32. The van der Waals surface area contributed by atoms with Gasteiger partial charge in [-0.15, -0.1) is 11.3 Å². The second-order valence-electron chi connectivity index (χ2n) is 7.58. The second-order valence-corrected chi connectivity index (χ2v) is 10.2. The molecule has 0 aromatic carbocycles. The van der Waals surface area contributed by atoms with E-state index in [1.165, 1.54) is 39.9 Å². The molecule has 1 saturated carbocycles. The van der Waals surface area contributed by atoms with Crippen LogP contribution in [0, 0.1) is 24.2 Å². The lowest BCUT2D eigenvalue weighted by molar-refractivity contribution is 0.133. The van der Waals surface area contributed by atoms with Gasteiger partial charge in [0.1, 0.15) is 0 Å². The van der Waals surface area contributed by atoms with Crippen LogP contribution in [0.2, 0.25) is 0 Å². The lowest BCUT2D eigenvalue weighted by atomic mass is 9.68. The van der Waals surface area contributed by atoms with Gasteiger partial charge in [0.15, 0.2) is 0 Å². The summed E-state index contributed by atoms with van der Waals surface area (Å²) in [6, 6.07) is 2.88. The first-order valence-corrected chi connectivity index (χ1v) is 9.93. The van der Waals surface area contributed by atoms with Gasteiger partial charge in [0.2, 0.25) is 0 Å². The van der Waals surface area contributed by atoms with E-state index in [1.807, 2.05) is 11.3 Å². The molecule has 0 saturated heterocycles. The van der Waals surface area contributed by atoms with Crippen LogP contribution in [0.5, 0.6) is 0 Å². The highest BCUT2D eigenvalue weighted by molar-refractivity contribution is 9.11. The number of aryl methyl sites for hydroxylation is 1. The first-order chi connectivity index (χ1) is 9.82. The highest BCUT2D eigenvalue weighted by Gasteiger charge is 2.33. The van der Waals surface area contributed by atoms with Crippen LogP contribution in [-0.2, 0) is 0 Å². The highest BCUT2D eigenvalue weighted by atomic mass is 79.9. The van der Waals surface area contributed by atoms with Gasteiger partial charge in [-0.2, -0.15) is 0 Å². The summed E-state index contributed by atoms with van der Waals surface area (Å²) >= 11 is 5.52. The molecule has 2 rings (SSSR count). The van der Waals surface area contributed by atoms with Crippen LogP contribution in [0.15, 0.2) is 9.85 Å². The summed E-state index contributed by atoms with van der Waals surface area (Å²) in [4.78, 5) is 1.46. The molecular formula is C18H30BrNS. The zero-order valence-electron chi connectivity index (χ0n) is 14.1. The smallest absolute Gasteiger partial charge is 0.0704 e. The van der Waals surface area contributed by atoms with Crippen molar-refractivity contribution in [2.75, 3.05) is 6.54 Å². The molecule has 1 heterocycles. The van der Waals surface area contributed by atoms with Crippen LogP contribution in [-0.4, -0.2) is 6.54 Å². The fourth-order valence-electron chi connectivity index (χ4n) is 3.84. The molecule has 120 valence electrons. The molecule has 1 unspecified atom stereocenters. The van der Waals surface area contributed by atoms with E-state index < -0.39 is 0 Å². The topological polar surface area (TPSA) is 12.0 Å². The van der Waals surface area contributed by atoms with E-state index in [4.69, 9.17) is 0 Å². The first kappa shape index (κ1) is 17.5. The highest BCUT2D eigenvalue weighted by Crippen LogP contribution is 2.45. The van der Waals surface area contributed by atoms with Gasteiger partial charge >= 0.3 is 0 Å². The number of hydrogen-bond donors (Lipinski definition) is 1. The maximum absolute atomic E-state index is 3.76. The Balaban J connectivity index is 2.09. The zero-order valence-corrected chi connectivity index (χ0v) is 16.5. The summed E-state index contributed by atoms with van der Waals surface area (Å²) in [5.41, 5.74) is 1.99. The maximum atomic E-state index is 3.76. The minimum Gasteiger partial charge on any atom is -0.310 e. The van der Waals surface area contributed by atoms with E-state index in [0.29, 0.717) is 11.5 Å². The molecule has 0 bridgehead atoms. The van der Waals surface area contributed by atoms with Gasteiger partial charge in [-0.3, -0.25) is 0 Å². The minimum atomic E-state index is 0.472. The molecule has 0 spiro atoms. The summed E-state index contributed by atoms with van der Waals surface area (Å²) in [6.07, 6.45) is 5.51. The van der Waals surface area contributed by atoms with Crippen molar-refractivity contribution >= 4 is 27.3 Å². The van der Waals surface area contributed by atoms with Gasteiger partial charge in [-0.05, 0) is 84.0 Å². The molecular weight excluding hydrogens is 342 g/mol. The Morgan fingerprint density at radius 2 is 1.90 bits per heavy atom. The van der Waals surface area contributed by atoms with E-state index in [1.54, 1.807) is 0 Å². The molecule has 0 amide bonds. The molecule has 21 heavy (non-hydrogen) atoms. The van der Waals surface area contributed by atoms with Crippen molar-refractivity contribution in [1.29, 1.82) is 0 Å². The Labute approximate surface area is 143 Å². The summed E-state index contributed by atoms with van der Waals surface area (Å²) in [6.45, 7) is 12.7. The Morgan fingerprint density at radius 1 is 1.29 bits per heavy atom. The van der Waals surface area contributed by atoms with Crippen molar-refractivity contribution in [3.63, 3.8) is 0 Å². The van der Waals surface area contributed by atoms with Gasteiger partial charge in [-0.1, -0.05) is 27.7 Å². The SMILES string of the molecule is CCNC(c1cc(Br)sc1C)C1CCC(C(C)(C)C)CC1. The van der Waals surface area contributed by atoms with Crippen molar-refractivity contribution in [3.8, 4) is 0 Å². The van der Waals surface area contributed by atoms with Gasteiger partial charge < -0.3 is 5.32 Å². The van der Waals surface area contributed by atoms with E-state index in [0.717, 1.165) is 18.4 Å². The van der Waals surface area contributed by atoms with E-state index in [2.05, 4.69) is 61.9 Å². The van der Waals surface area contributed by atoms with Crippen molar-refractivity contribution in [3.05, 3.63) is 20.3 Å². The fourth-order valence-corrected chi connectivity index (χ4v) is 5.59. The maximum Gasteiger partial charge on any atom is 0.0704 e. The Hall–Kier alpha value is 0.140. The Morgan fingerprint density at radius 3 is 2.33 bits per heavy atom. The molecule has 3 heteroatoms. The van der Waals surface area contributed by atoms with Crippen LogP contribution in [0.4, 0.5) is 0 Å². The summed E-state index contributed by atoms with van der Waals surface area (Å²) in [7, 11) is 0. The fraction of sp³-hybridized carbons (Fsp3) is 0.778. The molecule has 1 nitrogen and oxygen atoms in total. The molecule has 1 N–H and O–H groups in total. The monoisotopic (exact) mass is 371 g/mol. The number of hydrogen-bond acceptors (Lipinski definition) is 2. The van der Waals surface area contributed by atoms with Crippen molar-refractivity contribution < 1.29 is 0 Å². The van der Waals surface area contributed by atoms with Crippen molar-refractivity contribution in [2.24, 2.45) is 17.3 Å². The number of thiophene rings is 1. The Bertz CT molecular complexity index is 452. The van der Waals surface area contributed by atoms with Crippen LogP contribution >= 0.6 is 27.3 Å². The largest absolute Gasteiger partial charge is 0.310 e. The third kappa shape index (κ3) is 4.33. The lowest BCUT2D eigenvalue weighted by Crippen LogP contribution is -2.33. The number of halogens is 1. The zero-order chi connectivity index (χ0) is 15.6. The summed E-state index contributed by atoms with van der Waals surface area (Å²) in [5, 5.41) is 3.76. The lowest BCUT2D eigenvalue weighted by Gasteiger charge is -2.39. The quantitative estimate of drug-likeness (QED) is 0.652. The van der Waals surface area contributed by atoms with Crippen molar-refractivity contribution in [2.45, 2.75) is 66.3 Å². The van der Waals surface area contributed by atoms with Gasteiger partial charge in [0.05, 0.1) is 3.79 Å². The second kappa shape index (κ2) is 7.14. The predicted octanol–water partition coefficient (Wildman–Crippen LogP) is 6.32. The average molecular weight is 372 g/mol. The minimum absolute atomic E-state index is 0.472. The number of rotatable bonds is 4. The van der Waals surface area contributed by atoms with Gasteiger partial charge in [-0.25, -0.2) is 0 Å². The molecule has 0 aliphatic heterocycles. The average Bonchev–Trinajstić information content (AvgIpc) is 2.74. The molecule has 1 atom stereocenters. The summed E-state index contributed by atoms with van der Waals surface area (Å²) in [5.74, 6) is 1.69. The normalized spacial score (nSPS) is 25.0. The molecule has 0 radical (unpaired) electrons. The van der Waals surface area contributed by atoms with Gasteiger partial charge in [0.25, 0.3) is 0 Å². The summed E-state index contributed by atoms with van der Waals surface area (Å²) < 4.78 is 1.27. The molecule has 1 aliphatic carbocycles.